The summed E-state index contributed by atoms with van der Waals surface area (Å²) in [5.74, 6) is 0.590. The average molecular weight is 428 g/mol. The fraction of sp³-hybridized carbons (Fsp3) is 0.176. The fourth-order valence-corrected chi connectivity index (χ4v) is 4.12. The third kappa shape index (κ3) is 4.08. The molecule has 142 valence electrons. The van der Waals surface area contributed by atoms with E-state index in [1.165, 1.54) is 26.3 Å². The quantitative estimate of drug-likeness (QED) is 0.593. The third-order valence-corrected chi connectivity index (χ3v) is 6.14. The van der Waals surface area contributed by atoms with Gasteiger partial charge in [0.1, 0.15) is 10.6 Å². The smallest absolute Gasteiger partial charge is 0.247 e. The van der Waals surface area contributed by atoms with E-state index in [9.17, 15) is 8.42 Å². The third-order valence-electron chi connectivity index (χ3n) is 3.75. The van der Waals surface area contributed by atoms with Crippen LogP contribution in [0.25, 0.3) is 11.4 Å². The van der Waals surface area contributed by atoms with Gasteiger partial charge in [-0.15, -0.1) is 0 Å². The highest BCUT2D eigenvalue weighted by atomic mass is 35.5. The number of benzene rings is 2. The molecule has 10 heteroatoms. The van der Waals surface area contributed by atoms with Crippen LogP contribution in [0.4, 0.5) is 0 Å². The van der Waals surface area contributed by atoms with E-state index in [-0.39, 0.29) is 33.9 Å². The first kappa shape index (κ1) is 19.6. The lowest BCUT2D eigenvalue weighted by atomic mass is 10.2. The maximum Gasteiger partial charge on any atom is 0.247 e. The largest absolute Gasteiger partial charge is 0.495 e. The molecule has 0 atom stereocenters. The molecule has 0 radical (unpaired) electrons. The SMILES string of the molecule is COc1ccc(Cl)cc1S(=O)(=O)N(C)Cc1nc(-c2ccccc2Cl)no1. The molecular weight excluding hydrogens is 413 g/mol. The van der Waals surface area contributed by atoms with E-state index in [2.05, 4.69) is 10.1 Å². The van der Waals surface area contributed by atoms with Crippen molar-refractivity contribution in [2.75, 3.05) is 14.2 Å². The van der Waals surface area contributed by atoms with Gasteiger partial charge in [-0.25, -0.2) is 8.42 Å². The molecule has 27 heavy (non-hydrogen) atoms. The lowest BCUT2D eigenvalue weighted by Crippen LogP contribution is -2.27. The van der Waals surface area contributed by atoms with E-state index in [1.807, 2.05) is 0 Å². The number of halogens is 2. The zero-order valence-electron chi connectivity index (χ0n) is 14.4. The van der Waals surface area contributed by atoms with Gasteiger partial charge in [-0.05, 0) is 30.3 Å². The number of rotatable bonds is 6. The Morgan fingerprint density at radius 1 is 1.19 bits per heavy atom. The van der Waals surface area contributed by atoms with Crippen molar-refractivity contribution in [3.63, 3.8) is 0 Å². The zero-order valence-corrected chi connectivity index (χ0v) is 16.7. The summed E-state index contributed by atoms with van der Waals surface area (Å²) in [4.78, 5) is 4.17. The highest BCUT2D eigenvalue weighted by Gasteiger charge is 2.27. The molecule has 2 aromatic carbocycles. The van der Waals surface area contributed by atoms with E-state index in [1.54, 1.807) is 30.3 Å². The summed E-state index contributed by atoms with van der Waals surface area (Å²) in [6.45, 7) is -0.130. The Morgan fingerprint density at radius 2 is 1.93 bits per heavy atom. The number of hydrogen-bond donors (Lipinski definition) is 0. The van der Waals surface area contributed by atoms with Crippen LogP contribution in [0.1, 0.15) is 5.89 Å². The molecule has 3 rings (SSSR count). The maximum atomic E-state index is 12.9. The Kier molecular flexibility index (Phi) is 5.71. The summed E-state index contributed by atoms with van der Waals surface area (Å²) in [7, 11) is -1.11. The van der Waals surface area contributed by atoms with E-state index >= 15 is 0 Å². The van der Waals surface area contributed by atoms with Crippen molar-refractivity contribution in [2.45, 2.75) is 11.4 Å². The monoisotopic (exact) mass is 427 g/mol. The summed E-state index contributed by atoms with van der Waals surface area (Å²) in [6.07, 6.45) is 0. The minimum absolute atomic E-state index is 0.0501. The molecule has 0 aliphatic carbocycles. The topological polar surface area (TPSA) is 85.5 Å². The second-order valence-corrected chi connectivity index (χ2v) is 8.40. The molecular formula is C17H15Cl2N3O4S. The van der Waals surface area contributed by atoms with Gasteiger partial charge in [-0.2, -0.15) is 9.29 Å². The molecule has 0 N–H and O–H groups in total. The molecule has 1 aromatic heterocycles. The minimum Gasteiger partial charge on any atom is -0.495 e. The number of hydrogen-bond acceptors (Lipinski definition) is 6. The van der Waals surface area contributed by atoms with Crippen LogP contribution in [-0.4, -0.2) is 37.0 Å². The van der Waals surface area contributed by atoms with Gasteiger partial charge in [0, 0.05) is 17.6 Å². The van der Waals surface area contributed by atoms with E-state index < -0.39 is 10.0 Å². The minimum atomic E-state index is -3.90. The van der Waals surface area contributed by atoms with Crippen molar-refractivity contribution < 1.29 is 17.7 Å². The van der Waals surface area contributed by atoms with Gasteiger partial charge >= 0.3 is 0 Å². The first-order chi connectivity index (χ1) is 12.8. The Balaban J connectivity index is 1.87. The highest BCUT2D eigenvalue weighted by molar-refractivity contribution is 7.89. The Morgan fingerprint density at radius 3 is 2.63 bits per heavy atom. The molecule has 7 nitrogen and oxygen atoms in total. The van der Waals surface area contributed by atoms with Gasteiger partial charge < -0.3 is 9.26 Å². The second-order valence-electron chi connectivity index (χ2n) is 5.55. The molecule has 3 aromatic rings. The van der Waals surface area contributed by atoms with E-state index in [0.717, 1.165) is 4.31 Å². The number of ether oxygens (including phenoxy) is 1. The summed E-state index contributed by atoms with van der Waals surface area (Å²) >= 11 is 12.1. The Labute approximate surface area is 166 Å². The van der Waals surface area contributed by atoms with E-state index in [0.29, 0.717) is 10.6 Å². The molecule has 0 unspecified atom stereocenters. The molecule has 0 aliphatic rings. The number of sulfonamides is 1. The standard InChI is InChI=1S/C17H15Cl2N3O4S/c1-22(27(23,24)15-9-11(18)7-8-14(15)25-2)10-16-20-17(21-26-16)12-5-3-4-6-13(12)19/h3-9H,10H2,1-2H3. The van der Waals surface area contributed by atoms with Gasteiger partial charge in [0.15, 0.2) is 0 Å². The predicted molar refractivity (Wildman–Crippen MR) is 101 cm³/mol. The molecule has 0 saturated heterocycles. The van der Waals surface area contributed by atoms with Crippen molar-refractivity contribution >= 4 is 33.2 Å². The zero-order chi connectivity index (χ0) is 19.6. The molecule has 0 saturated carbocycles. The van der Waals surface area contributed by atoms with Gasteiger partial charge in [0.25, 0.3) is 0 Å². The van der Waals surface area contributed by atoms with Crippen molar-refractivity contribution in [1.82, 2.24) is 14.4 Å². The normalized spacial score (nSPS) is 11.7. The van der Waals surface area contributed by atoms with Crippen LogP contribution >= 0.6 is 23.2 Å². The number of nitrogens with zero attached hydrogens (tertiary/aromatic N) is 3. The highest BCUT2D eigenvalue weighted by Crippen LogP contribution is 2.30. The molecule has 1 heterocycles. The van der Waals surface area contributed by atoms with Crippen LogP contribution in [0.3, 0.4) is 0 Å². The van der Waals surface area contributed by atoms with Crippen molar-refractivity contribution in [3.05, 3.63) is 58.4 Å². The fourth-order valence-electron chi connectivity index (χ4n) is 2.37. The molecule has 0 fully saturated rings. The second kappa shape index (κ2) is 7.85. The first-order valence-corrected chi connectivity index (χ1v) is 9.90. The van der Waals surface area contributed by atoms with Crippen LogP contribution in [0, 0.1) is 0 Å². The van der Waals surface area contributed by atoms with Gasteiger partial charge in [-0.3, -0.25) is 0 Å². The lowest BCUT2D eigenvalue weighted by Gasteiger charge is -2.17. The summed E-state index contributed by atoms with van der Waals surface area (Å²) in [6, 6.07) is 11.4. The maximum absolute atomic E-state index is 12.9. The van der Waals surface area contributed by atoms with Crippen molar-refractivity contribution in [1.29, 1.82) is 0 Å². The summed E-state index contributed by atoms with van der Waals surface area (Å²) in [5, 5.41) is 4.61. The van der Waals surface area contributed by atoms with Gasteiger partial charge in [-0.1, -0.05) is 40.5 Å². The lowest BCUT2D eigenvalue weighted by molar-refractivity contribution is 0.335. The average Bonchev–Trinajstić information content (AvgIpc) is 3.10. The van der Waals surface area contributed by atoms with Gasteiger partial charge in [0.2, 0.25) is 21.7 Å². The van der Waals surface area contributed by atoms with E-state index in [4.69, 9.17) is 32.5 Å². The Bertz CT molecular complexity index is 1070. The van der Waals surface area contributed by atoms with Crippen LogP contribution in [-0.2, 0) is 16.6 Å². The van der Waals surface area contributed by atoms with Crippen LogP contribution < -0.4 is 4.74 Å². The number of methoxy groups -OCH3 is 1. The summed E-state index contributed by atoms with van der Waals surface area (Å²) in [5.41, 5.74) is 0.594. The predicted octanol–water partition coefficient (Wildman–Crippen LogP) is 3.87. The summed E-state index contributed by atoms with van der Waals surface area (Å²) < 4.78 is 37.1. The van der Waals surface area contributed by atoms with Crippen molar-refractivity contribution in [2.24, 2.45) is 0 Å². The Hall–Kier alpha value is -2.13. The van der Waals surface area contributed by atoms with Crippen LogP contribution in [0.5, 0.6) is 5.75 Å². The molecule has 0 amide bonds. The van der Waals surface area contributed by atoms with Crippen LogP contribution in [0.2, 0.25) is 10.0 Å². The van der Waals surface area contributed by atoms with Crippen LogP contribution in [0.15, 0.2) is 51.9 Å². The first-order valence-electron chi connectivity index (χ1n) is 7.70. The van der Waals surface area contributed by atoms with Gasteiger partial charge in [0.05, 0.1) is 18.7 Å². The van der Waals surface area contributed by atoms with Crippen molar-refractivity contribution in [3.8, 4) is 17.1 Å². The molecule has 0 aliphatic heterocycles. The molecule has 0 bridgehead atoms. The number of aromatic nitrogens is 2. The molecule has 0 spiro atoms.